The van der Waals surface area contributed by atoms with E-state index in [2.05, 4.69) is 0 Å². The minimum atomic E-state index is -2.10. The van der Waals surface area contributed by atoms with E-state index in [-0.39, 0.29) is 17.1 Å². The van der Waals surface area contributed by atoms with Gasteiger partial charge >= 0.3 is 5.97 Å². The molecule has 5 heterocycles. The predicted molar refractivity (Wildman–Crippen MR) is 212 cm³/mol. The Morgan fingerprint density at radius 2 is 1.23 bits per heavy atom. The highest BCUT2D eigenvalue weighted by Crippen LogP contribution is 2.40. The molecule has 4 saturated heterocycles. The van der Waals surface area contributed by atoms with E-state index in [1.807, 2.05) is 0 Å². The summed E-state index contributed by atoms with van der Waals surface area (Å²) in [5.41, 5.74) is -1.49. The van der Waals surface area contributed by atoms with Gasteiger partial charge in [-0.2, -0.15) is 0 Å². The molecule has 0 unspecified atom stereocenters. The van der Waals surface area contributed by atoms with Gasteiger partial charge in [-0.1, -0.05) is 0 Å². The van der Waals surface area contributed by atoms with Crippen molar-refractivity contribution in [3.05, 3.63) is 46.6 Å². The highest BCUT2D eigenvalue weighted by molar-refractivity contribution is 5.88. The fourth-order valence-electron chi connectivity index (χ4n) is 7.90. The van der Waals surface area contributed by atoms with Gasteiger partial charge in [-0.3, -0.25) is 9.59 Å². The third-order valence-electron chi connectivity index (χ3n) is 11.6. The van der Waals surface area contributed by atoms with Crippen molar-refractivity contribution in [2.24, 2.45) is 0 Å². The Morgan fingerprint density at radius 1 is 0.636 bits per heavy atom. The van der Waals surface area contributed by atoms with E-state index in [1.165, 1.54) is 38.1 Å². The minimum absolute atomic E-state index is 0.0353. The number of fused-ring (bicyclic) bond motifs is 1. The van der Waals surface area contributed by atoms with Crippen LogP contribution in [0.3, 0.4) is 0 Å². The summed E-state index contributed by atoms with van der Waals surface area (Å²) in [4.78, 5) is 26.3. The third kappa shape index (κ3) is 9.80. The van der Waals surface area contributed by atoms with Gasteiger partial charge in [-0.15, -0.1) is 0 Å². The zero-order valence-electron chi connectivity index (χ0n) is 35.1. The number of phenols is 2. The van der Waals surface area contributed by atoms with Crippen molar-refractivity contribution in [3.8, 4) is 34.3 Å². The molecule has 0 amide bonds. The predicted octanol–water partition coefficient (Wildman–Crippen LogP) is -4.50. The standard InChI is InChI=1S/C41H52O25/c1-12-23(46)27(50)31(54)38(58-12)57-11-21-25(48)29(52)37(66-39-33(56)30(53)34(13(2)59-39)60-14(3)43)41(64-21)65-36-26(49)22-18(45)8-17(61-40-32(55)28(51)24(47)20(10-42)63-40)9-19(22)62-35(36)15-4-6-16(44)7-5-15/h4-9,12-13,20-21,23-25,27-34,37-42,44-48,50-56H,10-11H2,1-3H3/t12-,13-,20+,21+,23-,24+,25-,27+,28-,29-,30-,31+,32+,33+,34-,37+,38+,39-,40+,41-/m0/s1. The van der Waals surface area contributed by atoms with Crippen LogP contribution < -0.4 is 14.9 Å². The number of rotatable bonds is 12. The van der Waals surface area contributed by atoms with Crippen LogP contribution in [0.4, 0.5) is 0 Å². The van der Waals surface area contributed by atoms with Gasteiger partial charge in [0.05, 0.1) is 25.4 Å². The van der Waals surface area contributed by atoms with Crippen LogP contribution in [0.25, 0.3) is 22.3 Å². The summed E-state index contributed by atoms with van der Waals surface area (Å²) in [6.45, 7) is 2.31. The lowest BCUT2D eigenvalue weighted by atomic mass is 9.97. The van der Waals surface area contributed by atoms with Gasteiger partial charge in [0.2, 0.25) is 23.8 Å². The molecule has 4 aliphatic rings. The first kappa shape index (κ1) is 49.5. The fourth-order valence-corrected chi connectivity index (χ4v) is 7.90. The first-order valence-corrected chi connectivity index (χ1v) is 20.6. The third-order valence-corrected chi connectivity index (χ3v) is 11.6. The van der Waals surface area contributed by atoms with Gasteiger partial charge in [0.1, 0.15) is 101 Å². The van der Waals surface area contributed by atoms with Crippen LogP contribution in [0.5, 0.6) is 23.0 Å². The Kier molecular flexibility index (Phi) is 15.1. The molecule has 0 radical (unpaired) electrons. The van der Waals surface area contributed by atoms with E-state index in [0.29, 0.717) is 0 Å². The molecule has 25 heteroatoms. The maximum Gasteiger partial charge on any atom is 0.303 e. The van der Waals surface area contributed by atoms with E-state index >= 15 is 0 Å². The second-order valence-electron chi connectivity index (χ2n) is 16.3. The van der Waals surface area contributed by atoms with Crippen molar-refractivity contribution < 1.29 is 118 Å². The monoisotopic (exact) mass is 944 g/mol. The normalized spacial score (nSPS) is 39.6. The molecule has 7 rings (SSSR count). The molecule has 20 atom stereocenters. The number of carbonyl (C=O) groups is 1. The van der Waals surface area contributed by atoms with Gasteiger partial charge in [-0.05, 0) is 38.1 Å². The lowest BCUT2D eigenvalue weighted by molar-refractivity contribution is -0.360. The van der Waals surface area contributed by atoms with Crippen LogP contribution in [0.1, 0.15) is 20.8 Å². The van der Waals surface area contributed by atoms with Crippen molar-refractivity contribution >= 4 is 16.9 Å². The highest BCUT2D eigenvalue weighted by Gasteiger charge is 2.53. The van der Waals surface area contributed by atoms with E-state index in [9.17, 15) is 76.0 Å². The molecule has 0 saturated carbocycles. The van der Waals surface area contributed by atoms with Crippen molar-refractivity contribution in [2.75, 3.05) is 13.2 Å². The summed E-state index contributed by atoms with van der Waals surface area (Å²) in [5, 5.41) is 137. The number of esters is 1. The molecule has 66 heavy (non-hydrogen) atoms. The summed E-state index contributed by atoms with van der Waals surface area (Å²) in [6.07, 6.45) is -34.1. The zero-order chi connectivity index (χ0) is 48.0. The first-order valence-electron chi connectivity index (χ1n) is 20.6. The van der Waals surface area contributed by atoms with Gasteiger partial charge in [-0.25, -0.2) is 0 Å². The van der Waals surface area contributed by atoms with Crippen LogP contribution in [0.2, 0.25) is 0 Å². The summed E-state index contributed by atoms with van der Waals surface area (Å²) in [6, 6.07) is 7.00. The topological polar surface area (TPSA) is 393 Å². The molecular weight excluding hydrogens is 892 g/mol. The summed E-state index contributed by atoms with van der Waals surface area (Å²) >= 11 is 0. The molecule has 0 aliphatic carbocycles. The fraction of sp³-hybridized carbons (Fsp3) is 0.610. The van der Waals surface area contributed by atoms with Crippen LogP contribution in [-0.2, 0) is 38.0 Å². The van der Waals surface area contributed by atoms with Gasteiger partial charge in [0, 0.05) is 24.6 Å². The van der Waals surface area contributed by atoms with Gasteiger partial charge < -0.3 is 113 Å². The Hall–Kier alpha value is -4.36. The average molecular weight is 945 g/mol. The number of aliphatic hydroxyl groups excluding tert-OH is 11. The summed E-state index contributed by atoms with van der Waals surface area (Å²) < 4.78 is 57.2. The largest absolute Gasteiger partial charge is 0.508 e. The summed E-state index contributed by atoms with van der Waals surface area (Å²) in [5.74, 6) is -3.37. The van der Waals surface area contributed by atoms with Crippen molar-refractivity contribution in [1.82, 2.24) is 0 Å². The van der Waals surface area contributed by atoms with Gasteiger partial charge in [0.25, 0.3) is 0 Å². The molecule has 1 aromatic heterocycles. The number of carbonyl (C=O) groups excluding carboxylic acids is 1. The molecule has 2 aromatic carbocycles. The van der Waals surface area contributed by atoms with E-state index in [0.717, 1.165) is 19.1 Å². The number of aromatic hydroxyl groups is 2. The minimum Gasteiger partial charge on any atom is -0.508 e. The van der Waals surface area contributed by atoms with E-state index in [1.54, 1.807) is 0 Å². The molecule has 4 aliphatic heterocycles. The number of phenolic OH excluding ortho intramolecular Hbond substituents is 2. The lowest BCUT2D eigenvalue weighted by Gasteiger charge is -2.46. The molecule has 3 aromatic rings. The molecule has 25 nitrogen and oxygen atoms in total. The van der Waals surface area contributed by atoms with E-state index < -0.39 is 176 Å². The molecule has 4 fully saturated rings. The second-order valence-corrected chi connectivity index (χ2v) is 16.3. The maximum atomic E-state index is 14.6. The van der Waals surface area contributed by atoms with Crippen LogP contribution in [-0.4, -0.2) is 208 Å². The number of hydrogen-bond acceptors (Lipinski definition) is 25. The molecule has 366 valence electrons. The number of ether oxygens (including phenoxy) is 9. The maximum absolute atomic E-state index is 14.6. The SMILES string of the molecule is CC(=O)O[C@@H]1[C@@H](O)[C@@H](O)[C@H](O[C@H]2[C@H](Oc3c(-c4ccc(O)cc4)oc4cc(O[C@@H]5O[C@H](CO)[C@@H](O)[C@H](O)[C@H]5O)cc(O)c4c3=O)O[C@H](CO[C@@H]3O[C@@H](C)[C@H](O)[C@@H](O)[C@H]3O)[C@H](O)[C@@H]2O)O[C@H]1C. The highest BCUT2D eigenvalue weighted by atomic mass is 16.8. The smallest absolute Gasteiger partial charge is 0.303 e. The average Bonchev–Trinajstić information content (AvgIpc) is 3.27. The molecular formula is C41H52O25. The van der Waals surface area contributed by atoms with Crippen LogP contribution in [0.15, 0.2) is 45.6 Å². The quantitative estimate of drug-likeness (QED) is 0.0761. The zero-order valence-corrected chi connectivity index (χ0v) is 35.1. The molecule has 13 N–H and O–H groups in total. The Labute approximate surface area is 372 Å². The van der Waals surface area contributed by atoms with Crippen molar-refractivity contribution in [2.45, 2.75) is 144 Å². The van der Waals surface area contributed by atoms with Gasteiger partial charge in [0.15, 0.2) is 30.5 Å². The second kappa shape index (κ2) is 20.1. The Morgan fingerprint density at radius 3 is 1.89 bits per heavy atom. The first-order chi connectivity index (χ1) is 31.2. The van der Waals surface area contributed by atoms with Crippen molar-refractivity contribution in [3.63, 3.8) is 0 Å². The summed E-state index contributed by atoms with van der Waals surface area (Å²) in [7, 11) is 0. The van der Waals surface area contributed by atoms with E-state index in [4.69, 9.17) is 47.0 Å². The number of benzene rings is 2. The Balaban J connectivity index is 1.26. The number of aliphatic hydroxyl groups is 11. The molecule has 0 bridgehead atoms. The van der Waals surface area contributed by atoms with Crippen LogP contribution in [0, 0.1) is 0 Å². The molecule has 0 spiro atoms. The lowest BCUT2D eigenvalue weighted by Crippen LogP contribution is -2.65. The van der Waals surface area contributed by atoms with Crippen molar-refractivity contribution in [1.29, 1.82) is 0 Å². The van der Waals surface area contributed by atoms with Crippen LogP contribution >= 0.6 is 0 Å². The number of hydrogen-bond donors (Lipinski definition) is 13. The Bertz CT molecular complexity index is 2200.